The second-order valence-electron chi connectivity index (χ2n) is 8.77. The highest BCUT2D eigenvalue weighted by atomic mass is 35.5. The van der Waals surface area contributed by atoms with E-state index in [-0.39, 0.29) is 25.3 Å². The minimum atomic E-state index is -1.05. The standard InChI is InChI=1S/C27H33ClN4O6/c1-17(7-9-20-16-29-11-12-30-20)23(33)5-4-6-25(34)32-22(26(35)31-15-18(2)27(36)37)14-19-8-10-24(38-3)21(28)13-19/h4,6-13,16-18,22-23,33H,5,14-15H2,1-3H3,(H,31,35)(H,32,34)(H,36,37)/b6-4+,9-7+/t17-,18-,22-,23+/m1/s1. The van der Waals surface area contributed by atoms with Gasteiger partial charge in [-0.3, -0.25) is 24.4 Å². The number of hydrogen-bond donors (Lipinski definition) is 4. The van der Waals surface area contributed by atoms with Crippen molar-refractivity contribution in [1.82, 2.24) is 20.6 Å². The minimum Gasteiger partial charge on any atom is -0.495 e. The number of nitrogens with one attached hydrogen (secondary N) is 2. The summed E-state index contributed by atoms with van der Waals surface area (Å²) in [5.74, 6) is -2.65. The number of halogens is 1. The molecule has 1 heterocycles. The normalized spacial score (nSPS) is 14.6. The summed E-state index contributed by atoms with van der Waals surface area (Å²) in [4.78, 5) is 44.6. The van der Waals surface area contributed by atoms with Crippen LogP contribution in [0, 0.1) is 11.8 Å². The SMILES string of the molecule is COc1ccc(C[C@@H](NC(=O)/C=C/C[C@H](O)[C@H](C)/C=C/c2cnccn2)C(=O)NC[C@@H](C)C(=O)O)cc1Cl. The third kappa shape index (κ3) is 10.3. The first-order valence-electron chi connectivity index (χ1n) is 12.0. The molecule has 204 valence electrons. The Hall–Kier alpha value is -3.76. The zero-order valence-corrected chi connectivity index (χ0v) is 22.3. The van der Waals surface area contributed by atoms with E-state index in [2.05, 4.69) is 20.6 Å². The lowest BCUT2D eigenvalue weighted by Gasteiger charge is -2.19. The number of rotatable bonds is 14. The Morgan fingerprint density at radius 1 is 1.21 bits per heavy atom. The molecule has 0 spiro atoms. The topological polar surface area (TPSA) is 151 Å². The first kappa shape index (κ1) is 30.5. The Labute approximate surface area is 226 Å². The van der Waals surface area contributed by atoms with Crippen LogP contribution in [0.1, 0.15) is 31.5 Å². The summed E-state index contributed by atoms with van der Waals surface area (Å²) in [6.45, 7) is 3.22. The molecule has 0 aliphatic heterocycles. The number of aromatic nitrogens is 2. The van der Waals surface area contributed by atoms with Gasteiger partial charge in [-0.25, -0.2) is 0 Å². The maximum atomic E-state index is 12.8. The number of carbonyl (C=O) groups excluding carboxylic acids is 2. The fourth-order valence-electron chi connectivity index (χ4n) is 3.27. The Kier molecular flexibility index (Phi) is 12.4. The zero-order valence-electron chi connectivity index (χ0n) is 21.5. The van der Waals surface area contributed by atoms with Crippen LogP contribution in [0.25, 0.3) is 6.08 Å². The molecule has 0 aliphatic carbocycles. The molecular weight excluding hydrogens is 512 g/mol. The van der Waals surface area contributed by atoms with Gasteiger partial charge in [-0.15, -0.1) is 0 Å². The monoisotopic (exact) mass is 544 g/mol. The Bertz CT molecular complexity index is 1140. The molecule has 1 aromatic heterocycles. The summed E-state index contributed by atoms with van der Waals surface area (Å²) in [5, 5.41) is 25.1. The second kappa shape index (κ2) is 15.5. The number of nitrogens with zero attached hydrogens (tertiary/aromatic N) is 2. The summed E-state index contributed by atoms with van der Waals surface area (Å²) in [7, 11) is 1.49. The van der Waals surface area contributed by atoms with Crippen LogP contribution in [-0.4, -0.2) is 63.8 Å². The number of carbonyl (C=O) groups is 3. The van der Waals surface area contributed by atoms with Crippen molar-refractivity contribution in [3.63, 3.8) is 0 Å². The first-order valence-corrected chi connectivity index (χ1v) is 12.4. The van der Waals surface area contributed by atoms with E-state index in [0.29, 0.717) is 22.0 Å². The number of aliphatic hydroxyl groups excluding tert-OH is 1. The second-order valence-corrected chi connectivity index (χ2v) is 9.18. The molecule has 1 aromatic carbocycles. The third-order valence-electron chi connectivity index (χ3n) is 5.70. The molecule has 2 rings (SSSR count). The number of aliphatic hydroxyl groups is 1. The fourth-order valence-corrected chi connectivity index (χ4v) is 3.55. The van der Waals surface area contributed by atoms with Crippen LogP contribution in [0.5, 0.6) is 5.75 Å². The summed E-state index contributed by atoms with van der Waals surface area (Å²) in [5.41, 5.74) is 1.34. The van der Waals surface area contributed by atoms with E-state index in [9.17, 15) is 19.5 Å². The van der Waals surface area contributed by atoms with Crippen molar-refractivity contribution >= 4 is 35.5 Å². The maximum Gasteiger partial charge on any atom is 0.308 e. The number of benzene rings is 1. The lowest BCUT2D eigenvalue weighted by Crippen LogP contribution is -2.48. The molecule has 0 fully saturated rings. The molecule has 2 amide bonds. The number of aliphatic carboxylic acids is 1. The Balaban J connectivity index is 2.01. The lowest BCUT2D eigenvalue weighted by atomic mass is 10.0. The molecule has 11 heteroatoms. The van der Waals surface area contributed by atoms with Crippen molar-refractivity contribution in [2.24, 2.45) is 11.8 Å². The summed E-state index contributed by atoms with van der Waals surface area (Å²) in [6, 6.07) is 4.02. The van der Waals surface area contributed by atoms with E-state index >= 15 is 0 Å². The highest BCUT2D eigenvalue weighted by Gasteiger charge is 2.22. The van der Waals surface area contributed by atoms with Crippen LogP contribution >= 0.6 is 11.6 Å². The molecular formula is C27H33ClN4O6. The van der Waals surface area contributed by atoms with Crippen LogP contribution in [0.4, 0.5) is 0 Å². The van der Waals surface area contributed by atoms with Gasteiger partial charge in [0.2, 0.25) is 11.8 Å². The minimum absolute atomic E-state index is 0.0914. The van der Waals surface area contributed by atoms with Gasteiger partial charge in [-0.2, -0.15) is 0 Å². The van der Waals surface area contributed by atoms with E-state index < -0.39 is 35.8 Å². The largest absolute Gasteiger partial charge is 0.495 e. The summed E-state index contributed by atoms with van der Waals surface area (Å²) >= 11 is 6.19. The van der Waals surface area contributed by atoms with Crippen molar-refractivity contribution < 1.29 is 29.3 Å². The van der Waals surface area contributed by atoms with Gasteiger partial charge in [0.25, 0.3) is 0 Å². The number of amides is 2. The lowest BCUT2D eigenvalue weighted by molar-refractivity contribution is -0.141. The van der Waals surface area contributed by atoms with Gasteiger partial charge in [0, 0.05) is 31.3 Å². The third-order valence-corrected chi connectivity index (χ3v) is 6.00. The number of ether oxygens (including phenoxy) is 1. The zero-order chi connectivity index (χ0) is 28.1. The van der Waals surface area contributed by atoms with Gasteiger partial charge < -0.3 is 25.6 Å². The fraction of sp³-hybridized carbons (Fsp3) is 0.370. The Morgan fingerprint density at radius 3 is 2.61 bits per heavy atom. The Morgan fingerprint density at radius 2 is 1.97 bits per heavy atom. The number of hydrogen-bond acceptors (Lipinski definition) is 7. The first-order chi connectivity index (χ1) is 18.1. The average molecular weight is 545 g/mol. The molecule has 0 aliphatic rings. The van der Waals surface area contributed by atoms with Gasteiger partial charge in [0.15, 0.2) is 0 Å². The van der Waals surface area contributed by atoms with Gasteiger partial charge in [0.1, 0.15) is 11.8 Å². The molecule has 4 N–H and O–H groups in total. The number of carboxylic acid groups (broad SMARTS) is 1. The van der Waals surface area contributed by atoms with E-state index in [1.54, 1.807) is 48.9 Å². The number of methoxy groups -OCH3 is 1. The molecule has 0 bridgehead atoms. The van der Waals surface area contributed by atoms with Crippen molar-refractivity contribution in [1.29, 1.82) is 0 Å². The van der Waals surface area contributed by atoms with Crippen molar-refractivity contribution in [2.45, 2.75) is 38.8 Å². The predicted octanol–water partition coefficient (Wildman–Crippen LogP) is 2.66. The van der Waals surface area contributed by atoms with Crippen LogP contribution in [0.15, 0.2) is 55.0 Å². The van der Waals surface area contributed by atoms with Crippen LogP contribution < -0.4 is 15.4 Å². The van der Waals surface area contributed by atoms with Crippen LogP contribution in [0.3, 0.4) is 0 Å². The molecule has 38 heavy (non-hydrogen) atoms. The van der Waals surface area contributed by atoms with Gasteiger partial charge in [0.05, 0.1) is 36.0 Å². The molecule has 0 saturated heterocycles. The maximum absolute atomic E-state index is 12.8. The quantitative estimate of drug-likeness (QED) is 0.265. The van der Waals surface area contributed by atoms with Gasteiger partial charge in [-0.1, -0.05) is 43.7 Å². The molecule has 0 saturated carbocycles. The number of carboxylic acids is 1. The van der Waals surface area contributed by atoms with Crippen molar-refractivity contribution in [3.05, 3.63) is 71.3 Å². The molecule has 2 aromatic rings. The van der Waals surface area contributed by atoms with Crippen LogP contribution in [-0.2, 0) is 20.8 Å². The van der Waals surface area contributed by atoms with Gasteiger partial charge in [-0.05, 0) is 36.3 Å². The predicted molar refractivity (Wildman–Crippen MR) is 143 cm³/mol. The molecule has 10 nitrogen and oxygen atoms in total. The highest BCUT2D eigenvalue weighted by Crippen LogP contribution is 2.25. The van der Waals surface area contributed by atoms with Gasteiger partial charge >= 0.3 is 5.97 Å². The summed E-state index contributed by atoms with van der Waals surface area (Å²) < 4.78 is 5.15. The van der Waals surface area contributed by atoms with Crippen molar-refractivity contribution in [3.8, 4) is 5.75 Å². The smallest absolute Gasteiger partial charge is 0.308 e. The average Bonchev–Trinajstić information content (AvgIpc) is 2.90. The summed E-state index contributed by atoms with van der Waals surface area (Å²) in [6.07, 6.45) is 10.7. The molecule has 0 unspecified atom stereocenters. The van der Waals surface area contributed by atoms with E-state index in [1.165, 1.54) is 26.2 Å². The van der Waals surface area contributed by atoms with Crippen molar-refractivity contribution in [2.75, 3.05) is 13.7 Å². The van der Waals surface area contributed by atoms with E-state index in [1.807, 2.05) is 6.92 Å². The van der Waals surface area contributed by atoms with Crippen LogP contribution in [0.2, 0.25) is 5.02 Å². The van der Waals surface area contributed by atoms with E-state index in [0.717, 1.165) is 0 Å². The van der Waals surface area contributed by atoms with E-state index in [4.69, 9.17) is 21.4 Å². The molecule has 4 atom stereocenters. The molecule has 0 radical (unpaired) electrons. The highest BCUT2D eigenvalue weighted by molar-refractivity contribution is 6.32.